The second-order valence-electron chi connectivity index (χ2n) is 6.13. The van der Waals surface area contributed by atoms with Gasteiger partial charge in [0.15, 0.2) is 18.3 Å². The predicted octanol–water partition coefficient (Wildman–Crippen LogP) is 2.64. The Balaban J connectivity index is 1.45. The molecule has 7 nitrogen and oxygen atoms in total. The molecule has 2 N–H and O–H groups in total. The van der Waals surface area contributed by atoms with E-state index in [1.807, 2.05) is 24.3 Å². The van der Waals surface area contributed by atoms with Crippen LogP contribution in [0.3, 0.4) is 0 Å². The maximum Gasteiger partial charge on any atom is 0.434 e. The van der Waals surface area contributed by atoms with Crippen molar-refractivity contribution in [3.05, 3.63) is 40.3 Å². The van der Waals surface area contributed by atoms with Gasteiger partial charge in [-0.25, -0.2) is 4.98 Å². The zero-order valence-electron chi connectivity index (χ0n) is 15.6. The number of nitrogens with one attached hydrogen (secondary N) is 2. The van der Waals surface area contributed by atoms with E-state index in [9.17, 15) is 18.0 Å². The lowest BCUT2D eigenvalue weighted by atomic mass is 10.2. The van der Waals surface area contributed by atoms with Crippen LogP contribution in [0.1, 0.15) is 17.1 Å². The number of anilines is 1. The van der Waals surface area contributed by atoms with Crippen LogP contribution < -0.4 is 20.3 Å². The molecule has 0 fully saturated rings. The Morgan fingerprint density at radius 1 is 1.34 bits per heavy atom. The van der Waals surface area contributed by atoms with Gasteiger partial charge in [-0.1, -0.05) is 12.1 Å². The molecule has 1 aromatic carbocycles. The smallest absolute Gasteiger partial charge is 0.434 e. The van der Waals surface area contributed by atoms with Crippen LogP contribution in [-0.2, 0) is 17.5 Å². The van der Waals surface area contributed by atoms with E-state index in [1.54, 1.807) is 11.9 Å². The number of rotatable bonds is 6. The maximum absolute atomic E-state index is 12.6. The average Bonchev–Trinajstić information content (AvgIpc) is 3.18. The molecule has 1 amide bonds. The molecule has 3 rings (SSSR count). The number of fused-ring (bicyclic) bond motifs is 1. The number of hydrogen-bond donors (Lipinski definition) is 2. The van der Waals surface area contributed by atoms with Gasteiger partial charge >= 0.3 is 6.18 Å². The zero-order chi connectivity index (χ0) is 20.9. The quantitative estimate of drug-likeness (QED) is 0.421. The number of carbonyl (C=O) groups excluding carboxylic acids is 1. The Bertz CT molecular complexity index is 884. The zero-order valence-corrected chi connectivity index (χ0v) is 16.4. The van der Waals surface area contributed by atoms with Gasteiger partial charge in [-0.15, -0.1) is 11.3 Å². The second-order valence-corrected chi connectivity index (χ2v) is 7.07. The molecule has 0 bridgehead atoms. The Hall–Kier alpha value is -2.82. The summed E-state index contributed by atoms with van der Waals surface area (Å²) < 4.78 is 43.2. The van der Waals surface area contributed by atoms with Gasteiger partial charge in [0.05, 0.1) is 12.2 Å². The Morgan fingerprint density at radius 3 is 2.86 bits per heavy atom. The van der Waals surface area contributed by atoms with Crippen molar-refractivity contribution < 1.29 is 22.7 Å². The van der Waals surface area contributed by atoms with Crippen LogP contribution in [-0.4, -0.2) is 43.6 Å². The van der Waals surface area contributed by atoms with E-state index in [-0.39, 0.29) is 19.1 Å². The third kappa shape index (κ3) is 5.37. The number of benzene rings is 1. The standard InChI is InChI=1S/C18H20F3N5O2S/c1-22-17(24-9-15-25-14(11-29-15)18(19,20)21)23-7-4-8-26-12-5-2-3-6-13(12)28-10-16(26)27/h2-3,5-6,11H,4,7-10H2,1H3,(H2,22,23,24). The van der Waals surface area contributed by atoms with Gasteiger partial charge in [0, 0.05) is 25.5 Å². The number of carbonyl (C=O) groups is 1. The fraction of sp³-hybridized carbons (Fsp3) is 0.389. The number of alkyl halides is 3. The number of thiazole rings is 1. The topological polar surface area (TPSA) is 78.9 Å². The highest BCUT2D eigenvalue weighted by molar-refractivity contribution is 7.09. The summed E-state index contributed by atoms with van der Waals surface area (Å²) in [6.07, 6.45) is -3.79. The molecular formula is C18H20F3N5O2S. The molecule has 1 aliphatic rings. The summed E-state index contributed by atoms with van der Waals surface area (Å²) in [5, 5.41) is 7.32. The molecule has 0 atom stereocenters. The van der Waals surface area contributed by atoms with Crippen LogP contribution in [0.25, 0.3) is 0 Å². The number of ether oxygens (including phenoxy) is 1. The molecule has 0 radical (unpaired) electrons. The van der Waals surface area contributed by atoms with E-state index in [1.165, 1.54) is 0 Å². The second kappa shape index (κ2) is 9.12. The minimum absolute atomic E-state index is 0.0153. The van der Waals surface area contributed by atoms with Crippen molar-refractivity contribution in [1.29, 1.82) is 0 Å². The molecule has 11 heteroatoms. The van der Waals surface area contributed by atoms with Crippen molar-refractivity contribution in [2.45, 2.75) is 19.1 Å². The molecule has 2 heterocycles. The molecule has 0 saturated heterocycles. The van der Waals surface area contributed by atoms with Crippen LogP contribution in [0.4, 0.5) is 18.9 Å². The Kier molecular flexibility index (Phi) is 6.57. The molecule has 2 aromatic rings. The first-order chi connectivity index (χ1) is 13.9. The molecule has 29 heavy (non-hydrogen) atoms. The number of amides is 1. The van der Waals surface area contributed by atoms with E-state index in [2.05, 4.69) is 20.6 Å². The normalized spacial score (nSPS) is 14.4. The first-order valence-corrected chi connectivity index (χ1v) is 9.75. The van der Waals surface area contributed by atoms with Gasteiger partial charge in [0.1, 0.15) is 10.8 Å². The number of aromatic nitrogens is 1. The summed E-state index contributed by atoms with van der Waals surface area (Å²) in [5.41, 5.74) is -0.145. The fourth-order valence-electron chi connectivity index (χ4n) is 2.75. The third-order valence-electron chi connectivity index (χ3n) is 4.13. The van der Waals surface area contributed by atoms with Crippen molar-refractivity contribution in [2.75, 3.05) is 31.6 Å². The van der Waals surface area contributed by atoms with E-state index >= 15 is 0 Å². The van der Waals surface area contributed by atoms with Crippen LogP contribution in [0.5, 0.6) is 5.75 Å². The lowest BCUT2D eigenvalue weighted by Crippen LogP contribution is -2.42. The average molecular weight is 427 g/mol. The molecule has 0 unspecified atom stereocenters. The number of nitrogens with zero attached hydrogens (tertiary/aromatic N) is 3. The van der Waals surface area contributed by atoms with Crippen molar-refractivity contribution in [3.63, 3.8) is 0 Å². The number of aliphatic imine (C=N–C) groups is 1. The third-order valence-corrected chi connectivity index (χ3v) is 4.98. The van der Waals surface area contributed by atoms with Crippen molar-refractivity contribution in [1.82, 2.24) is 15.6 Å². The summed E-state index contributed by atoms with van der Waals surface area (Å²) in [5.74, 6) is 1.03. The summed E-state index contributed by atoms with van der Waals surface area (Å²) in [6.45, 7) is 1.18. The highest BCUT2D eigenvalue weighted by Gasteiger charge is 2.33. The predicted molar refractivity (Wildman–Crippen MR) is 104 cm³/mol. The van der Waals surface area contributed by atoms with Crippen LogP contribution in [0.15, 0.2) is 34.6 Å². The number of hydrogen-bond acceptors (Lipinski definition) is 5. The minimum Gasteiger partial charge on any atom is -0.482 e. The SMILES string of the molecule is CN=C(NCCCN1C(=O)COc2ccccc21)NCc1nc(C(F)(F)F)cs1. The van der Waals surface area contributed by atoms with Crippen LogP contribution in [0.2, 0.25) is 0 Å². The summed E-state index contributed by atoms with van der Waals surface area (Å²) in [4.78, 5) is 21.4. The monoisotopic (exact) mass is 427 g/mol. The summed E-state index contributed by atoms with van der Waals surface area (Å²) >= 11 is 0.937. The lowest BCUT2D eigenvalue weighted by Gasteiger charge is -2.29. The first-order valence-electron chi connectivity index (χ1n) is 8.87. The Labute approximate surface area is 169 Å². The minimum atomic E-state index is -4.44. The van der Waals surface area contributed by atoms with E-state index in [0.29, 0.717) is 36.2 Å². The Morgan fingerprint density at radius 2 is 2.14 bits per heavy atom. The summed E-state index contributed by atoms with van der Waals surface area (Å²) in [6, 6.07) is 7.36. The number of halogens is 3. The molecule has 0 spiro atoms. The first kappa shape index (κ1) is 20.9. The molecule has 1 aromatic heterocycles. The van der Waals surface area contributed by atoms with E-state index in [0.717, 1.165) is 22.4 Å². The van der Waals surface area contributed by atoms with Crippen molar-refractivity contribution in [3.8, 4) is 5.75 Å². The van der Waals surface area contributed by atoms with Gasteiger partial charge < -0.3 is 20.3 Å². The van der Waals surface area contributed by atoms with Crippen molar-refractivity contribution >= 4 is 28.9 Å². The molecular weight excluding hydrogens is 407 g/mol. The molecule has 156 valence electrons. The number of guanidine groups is 1. The molecule has 1 aliphatic heterocycles. The van der Waals surface area contributed by atoms with Crippen molar-refractivity contribution in [2.24, 2.45) is 4.99 Å². The van der Waals surface area contributed by atoms with Crippen LogP contribution in [0, 0.1) is 0 Å². The van der Waals surface area contributed by atoms with Gasteiger partial charge in [-0.3, -0.25) is 9.79 Å². The van der Waals surface area contributed by atoms with E-state index < -0.39 is 11.9 Å². The highest BCUT2D eigenvalue weighted by atomic mass is 32.1. The maximum atomic E-state index is 12.6. The lowest BCUT2D eigenvalue weighted by molar-refractivity contribution is -0.140. The summed E-state index contributed by atoms with van der Waals surface area (Å²) in [7, 11) is 1.57. The van der Waals surface area contributed by atoms with Crippen LogP contribution >= 0.6 is 11.3 Å². The van der Waals surface area contributed by atoms with Gasteiger partial charge in [-0.05, 0) is 18.6 Å². The largest absolute Gasteiger partial charge is 0.482 e. The molecule has 0 aliphatic carbocycles. The fourth-order valence-corrected chi connectivity index (χ4v) is 3.49. The van der Waals surface area contributed by atoms with Gasteiger partial charge in [0.25, 0.3) is 5.91 Å². The number of para-hydroxylation sites is 2. The van der Waals surface area contributed by atoms with Gasteiger partial charge in [0.2, 0.25) is 0 Å². The highest BCUT2D eigenvalue weighted by Crippen LogP contribution is 2.31. The molecule has 0 saturated carbocycles. The van der Waals surface area contributed by atoms with E-state index in [4.69, 9.17) is 4.74 Å². The van der Waals surface area contributed by atoms with Gasteiger partial charge in [-0.2, -0.15) is 13.2 Å².